The predicted molar refractivity (Wildman–Crippen MR) is 42.2 cm³/mol. The summed E-state index contributed by atoms with van der Waals surface area (Å²) in [7, 11) is 0. The first kappa shape index (κ1) is 9.54. The zero-order chi connectivity index (χ0) is 9.35. The molecule has 0 saturated heterocycles. The van der Waals surface area contributed by atoms with E-state index in [0.29, 0.717) is 0 Å². The SMILES string of the molecule is NC(F)(F)c1ccc(F)c(Br)c1. The molecule has 0 aliphatic rings. The normalized spacial score (nSPS) is 11.8. The second-order valence-corrected chi connectivity index (χ2v) is 3.11. The summed E-state index contributed by atoms with van der Waals surface area (Å²) in [6.45, 7) is 0. The van der Waals surface area contributed by atoms with Crippen LogP contribution in [0.1, 0.15) is 5.56 Å². The smallest absolute Gasteiger partial charge is 0.268 e. The van der Waals surface area contributed by atoms with Crippen LogP contribution in [0.2, 0.25) is 0 Å². The quantitative estimate of drug-likeness (QED) is 0.750. The van der Waals surface area contributed by atoms with Crippen molar-refractivity contribution >= 4 is 15.9 Å². The first-order chi connectivity index (χ1) is 5.41. The minimum absolute atomic E-state index is 0.0230. The lowest BCUT2D eigenvalue weighted by atomic mass is 10.2. The van der Waals surface area contributed by atoms with Gasteiger partial charge in [-0.2, -0.15) is 8.78 Å². The molecule has 1 aromatic rings. The predicted octanol–water partition coefficient (Wildman–Crippen LogP) is 2.60. The van der Waals surface area contributed by atoms with Crippen molar-refractivity contribution in [2.24, 2.45) is 5.73 Å². The van der Waals surface area contributed by atoms with Gasteiger partial charge >= 0.3 is 6.05 Å². The number of hydrogen-bond acceptors (Lipinski definition) is 1. The monoisotopic (exact) mass is 239 g/mol. The summed E-state index contributed by atoms with van der Waals surface area (Å²) in [5.41, 5.74) is 4.08. The Kier molecular flexibility index (Phi) is 2.44. The Labute approximate surface area is 75.5 Å². The lowest BCUT2D eigenvalue weighted by Crippen LogP contribution is -2.25. The van der Waals surface area contributed by atoms with Gasteiger partial charge in [-0.05, 0) is 34.1 Å². The number of nitrogens with two attached hydrogens (primary N) is 1. The largest absolute Gasteiger partial charge is 0.326 e. The van der Waals surface area contributed by atoms with Gasteiger partial charge in [-0.15, -0.1) is 0 Å². The van der Waals surface area contributed by atoms with Crippen molar-refractivity contribution in [1.29, 1.82) is 0 Å². The highest BCUT2D eigenvalue weighted by atomic mass is 79.9. The van der Waals surface area contributed by atoms with E-state index in [1.807, 2.05) is 0 Å². The van der Waals surface area contributed by atoms with E-state index >= 15 is 0 Å². The Morgan fingerprint density at radius 1 is 1.33 bits per heavy atom. The first-order valence-corrected chi connectivity index (χ1v) is 3.83. The maximum atomic E-state index is 12.6. The number of alkyl halides is 2. The molecule has 0 atom stereocenters. The molecule has 0 bridgehead atoms. The van der Waals surface area contributed by atoms with Crippen molar-refractivity contribution < 1.29 is 13.2 Å². The van der Waals surface area contributed by atoms with E-state index in [-0.39, 0.29) is 4.47 Å². The second kappa shape index (κ2) is 3.06. The van der Waals surface area contributed by atoms with Crippen molar-refractivity contribution in [2.75, 3.05) is 0 Å². The molecule has 0 aliphatic carbocycles. The third kappa shape index (κ3) is 1.98. The summed E-state index contributed by atoms with van der Waals surface area (Å²) < 4.78 is 37.3. The van der Waals surface area contributed by atoms with E-state index in [1.54, 1.807) is 0 Å². The molecular weight excluding hydrogens is 235 g/mol. The number of benzene rings is 1. The summed E-state index contributed by atoms with van der Waals surface area (Å²) in [6.07, 6.45) is 0. The minimum atomic E-state index is -3.42. The molecule has 0 unspecified atom stereocenters. The molecule has 0 spiro atoms. The Morgan fingerprint density at radius 3 is 2.33 bits per heavy atom. The fourth-order valence-corrected chi connectivity index (χ4v) is 1.08. The Morgan fingerprint density at radius 2 is 1.92 bits per heavy atom. The number of hydrogen-bond donors (Lipinski definition) is 1. The van der Waals surface area contributed by atoms with Crippen molar-refractivity contribution in [2.45, 2.75) is 6.05 Å². The zero-order valence-electron chi connectivity index (χ0n) is 5.82. The van der Waals surface area contributed by atoms with Gasteiger partial charge in [0.25, 0.3) is 0 Å². The van der Waals surface area contributed by atoms with Crippen molar-refractivity contribution in [1.82, 2.24) is 0 Å². The average molecular weight is 240 g/mol. The van der Waals surface area contributed by atoms with E-state index in [1.165, 1.54) is 0 Å². The van der Waals surface area contributed by atoms with Gasteiger partial charge in [0, 0.05) is 5.56 Å². The van der Waals surface area contributed by atoms with Gasteiger partial charge in [0.2, 0.25) is 0 Å². The molecule has 1 rings (SSSR count). The van der Waals surface area contributed by atoms with Crippen LogP contribution in [0.3, 0.4) is 0 Å². The lowest BCUT2D eigenvalue weighted by molar-refractivity contribution is 0.00286. The van der Waals surface area contributed by atoms with Gasteiger partial charge in [-0.1, -0.05) is 0 Å². The average Bonchev–Trinajstić information content (AvgIpc) is 1.92. The molecule has 0 amide bonds. The number of rotatable bonds is 1. The summed E-state index contributed by atoms with van der Waals surface area (Å²) in [6, 6.07) is -0.591. The molecule has 1 nitrogen and oxygen atoms in total. The van der Waals surface area contributed by atoms with Gasteiger partial charge in [0.05, 0.1) is 4.47 Å². The summed E-state index contributed by atoms with van der Waals surface area (Å²) in [5, 5.41) is 0. The zero-order valence-corrected chi connectivity index (χ0v) is 7.41. The molecule has 0 aromatic heterocycles. The molecule has 0 heterocycles. The van der Waals surface area contributed by atoms with Gasteiger partial charge in [-0.3, -0.25) is 5.73 Å². The van der Waals surface area contributed by atoms with Crippen LogP contribution < -0.4 is 5.73 Å². The molecule has 0 saturated carbocycles. The van der Waals surface area contributed by atoms with Crippen LogP contribution in [-0.2, 0) is 6.05 Å². The van der Waals surface area contributed by atoms with Crippen molar-refractivity contribution in [3.63, 3.8) is 0 Å². The standard InChI is InChI=1S/C7H5BrF3N/c8-5-3-4(7(10,11)12)1-2-6(5)9/h1-3H,12H2. The molecule has 0 fully saturated rings. The molecule has 2 N–H and O–H groups in total. The van der Waals surface area contributed by atoms with Crippen LogP contribution >= 0.6 is 15.9 Å². The molecule has 0 aliphatic heterocycles. The van der Waals surface area contributed by atoms with E-state index < -0.39 is 17.4 Å². The summed E-state index contributed by atoms with van der Waals surface area (Å²) >= 11 is 2.77. The highest BCUT2D eigenvalue weighted by Crippen LogP contribution is 2.25. The van der Waals surface area contributed by atoms with Crippen molar-refractivity contribution in [3.05, 3.63) is 34.1 Å². The minimum Gasteiger partial charge on any atom is -0.268 e. The molecule has 0 radical (unpaired) electrons. The second-order valence-electron chi connectivity index (χ2n) is 2.25. The van der Waals surface area contributed by atoms with Crippen LogP contribution in [0.4, 0.5) is 13.2 Å². The van der Waals surface area contributed by atoms with Gasteiger partial charge in [-0.25, -0.2) is 4.39 Å². The Balaban J connectivity index is 3.14. The van der Waals surface area contributed by atoms with Gasteiger partial charge < -0.3 is 0 Å². The fourth-order valence-electron chi connectivity index (χ4n) is 0.703. The fraction of sp³-hybridized carbons (Fsp3) is 0.143. The molecule has 5 heteroatoms. The maximum absolute atomic E-state index is 12.6. The summed E-state index contributed by atoms with van der Waals surface area (Å²) in [5.74, 6) is -0.594. The van der Waals surface area contributed by atoms with Crippen LogP contribution in [0, 0.1) is 5.82 Å². The van der Waals surface area contributed by atoms with Crippen LogP contribution in [0.5, 0.6) is 0 Å². The Hall–Kier alpha value is -0.550. The molecule has 66 valence electrons. The van der Waals surface area contributed by atoms with Gasteiger partial charge in [0.1, 0.15) is 5.82 Å². The van der Waals surface area contributed by atoms with E-state index in [0.717, 1.165) is 18.2 Å². The third-order valence-electron chi connectivity index (χ3n) is 1.30. The summed E-state index contributed by atoms with van der Waals surface area (Å²) in [4.78, 5) is 0. The van der Waals surface area contributed by atoms with Crippen molar-refractivity contribution in [3.8, 4) is 0 Å². The van der Waals surface area contributed by atoms with Crippen LogP contribution in [0.15, 0.2) is 22.7 Å². The van der Waals surface area contributed by atoms with Gasteiger partial charge in [0.15, 0.2) is 0 Å². The van der Waals surface area contributed by atoms with E-state index in [2.05, 4.69) is 21.7 Å². The first-order valence-electron chi connectivity index (χ1n) is 3.03. The van der Waals surface area contributed by atoms with Crippen LogP contribution in [0.25, 0.3) is 0 Å². The topological polar surface area (TPSA) is 26.0 Å². The third-order valence-corrected chi connectivity index (χ3v) is 1.91. The lowest BCUT2D eigenvalue weighted by Gasteiger charge is -2.10. The Bertz CT molecular complexity index is 295. The van der Waals surface area contributed by atoms with E-state index in [9.17, 15) is 13.2 Å². The van der Waals surface area contributed by atoms with Crippen LogP contribution in [-0.4, -0.2) is 0 Å². The number of halogens is 4. The molecule has 12 heavy (non-hydrogen) atoms. The van der Waals surface area contributed by atoms with E-state index in [4.69, 9.17) is 0 Å². The highest BCUT2D eigenvalue weighted by Gasteiger charge is 2.25. The highest BCUT2D eigenvalue weighted by molar-refractivity contribution is 9.10. The maximum Gasteiger partial charge on any atom is 0.326 e. The molecular formula is C7H5BrF3N. The molecule has 1 aromatic carbocycles.